The fraction of sp³-hybridized carbons (Fsp3) is 0.444. The van der Waals surface area contributed by atoms with E-state index >= 15 is 0 Å². The standard InChI is InChI=1S/C9H14N2O/c1-10-9(4-7-12)8-2-5-11-6-3-8/h2-3,5-6,9-10,12H,4,7H2,1H3. The molecule has 12 heavy (non-hydrogen) atoms. The summed E-state index contributed by atoms with van der Waals surface area (Å²) in [5.74, 6) is 0. The summed E-state index contributed by atoms with van der Waals surface area (Å²) >= 11 is 0. The average molecular weight is 166 g/mol. The van der Waals surface area contributed by atoms with Gasteiger partial charge in [0.15, 0.2) is 0 Å². The Morgan fingerprint density at radius 3 is 2.67 bits per heavy atom. The maximum Gasteiger partial charge on any atom is 0.0449 e. The van der Waals surface area contributed by atoms with Crippen molar-refractivity contribution in [2.24, 2.45) is 0 Å². The predicted octanol–water partition coefficient (Wildman–Crippen LogP) is 0.724. The minimum absolute atomic E-state index is 0.202. The SMILES string of the molecule is CNC(CCO)c1ccncc1. The summed E-state index contributed by atoms with van der Waals surface area (Å²) in [5.41, 5.74) is 1.17. The van der Waals surface area contributed by atoms with E-state index in [0.717, 1.165) is 6.42 Å². The highest BCUT2D eigenvalue weighted by molar-refractivity contribution is 5.14. The van der Waals surface area contributed by atoms with Crippen molar-refractivity contribution in [2.75, 3.05) is 13.7 Å². The number of hydrogen-bond acceptors (Lipinski definition) is 3. The van der Waals surface area contributed by atoms with Gasteiger partial charge >= 0.3 is 0 Å². The van der Waals surface area contributed by atoms with Crippen molar-refractivity contribution in [3.05, 3.63) is 30.1 Å². The summed E-state index contributed by atoms with van der Waals surface area (Å²) in [5, 5.41) is 11.9. The van der Waals surface area contributed by atoms with Gasteiger partial charge in [-0.25, -0.2) is 0 Å². The molecule has 1 aromatic rings. The van der Waals surface area contributed by atoms with E-state index in [4.69, 9.17) is 5.11 Å². The quantitative estimate of drug-likeness (QED) is 0.693. The van der Waals surface area contributed by atoms with Gasteiger partial charge in [0.25, 0.3) is 0 Å². The molecular formula is C9H14N2O. The van der Waals surface area contributed by atoms with Gasteiger partial charge in [0.1, 0.15) is 0 Å². The molecule has 0 aliphatic heterocycles. The number of hydrogen-bond donors (Lipinski definition) is 2. The van der Waals surface area contributed by atoms with Crippen LogP contribution in [0.5, 0.6) is 0 Å². The number of pyridine rings is 1. The summed E-state index contributed by atoms with van der Waals surface area (Å²) in [6.45, 7) is 0.202. The van der Waals surface area contributed by atoms with Crippen LogP contribution < -0.4 is 5.32 Å². The molecule has 0 saturated carbocycles. The van der Waals surface area contributed by atoms with E-state index in [1.807, 2.05) is 19.2 Å². The first-order valence-corrected chi connectivity index (χ1v) is 4.06. The lowest BCUT2D eigenvalue weighted by Crippen LogP contribution is -2.17. The number of aliphatic hydroxyl groups excluding tert-OH is 1. The normalized spacial score (nSPS) is 12.8. The van der Waals surface area contributed by atoms with Crippen LogP contribution in [0.3, 0.4) is 0 Å². The summed E-state index contributed by atoms with van der Waals surface area (Å²) in [6, 6.07) is 4.14. The third-order valence-electron chi connectivity index (χ3n) is 1.87. The Morgan fingerprint density at radius 1 is 1.50 bits per heavy atom. The summed E-state index contributed by atoms with van der Waals surface area (Å²) in [7, 11) is 1.89. The van der Waals surface area contributed by atoms with E-state index in [1.54, 1.807) is 12.4 Å². The second-order valence-electron chi connectivity index (χ2n) is 2.63. The highest BCUT2D eigenvalue weighted by atomic mass is 16.3. The molecular weight excluding hydrogens is 152 g/mol. The molecule has 0 aliphatic rings. The fourth-order valence-corrected chi connectivity index (χ4v) is 1.20. The van der Waals surface area contributed by atoms with Crippen LogP contribution in [0.25, 0.3) is 0 Å². The number of nitrogens with zero attached hydrogens (tertiary/aromatic N) is 1. The smallest absolute Gasteiger partial charge is 0.0449 e. The molecule has 3 nitrogen and oxygen atoms in total. The van der Waals surface area contributed by atoms with E-state index in [0.29, 0.717) is 0 Å². The van der Waals surface area contributed by atoms with Crippen molar-refractivity contribution in [2.45, 2.75) is 12.5 Å². The second-order valence-corrected chi connectivity index (χ2v) is 2.63. The minimum Gasteiger partial charge on any atom is -0.396 e. The molecule has 0 radical (unpaired) electrons. The zero-order chi connectivity index (χ0) is 8.81. The van der Waals surface area contributed by atoms with Crippen molar-refractivity contribution in [3.8, 4) is 0 Å². The van der Waals surface area contributed by atoms with Gasteiger partial charge in [0.05, 0.1) is 0 Å². The predicted molar refractivity (Wildman–Crippen MR) is 47.7 cm³/mol. The lowest BCUT2D eigenvalue weighted by Gasteiger charge is -2.14. The molecule has 1 rings (SSSR count). The molecule has 2 N–H and O–H groups in total. The zero-order valence-corrected chi connectivity index (χ0v) is 7.20. The van der Waals surface area contributed by atoms with Crippen LogP contribution >= 0.6 is 0 Å². The number of rotatable bonds is 4. The van der Waals surface area contributed by atoms with Crippen molar-refractivity contribution in [1.82, 2.24) is 10.3 Å². The van der Waals surface area contributed by atoms with Gasteiger partial charge < -0.3 is 10.4 Å². The Labute approximate surface area is 72.5 Å². The van der Waals surface area contributed by atoms with Gasteiger partial charge in [-0.3, -0.25) is 4.98 Å². The molecule has 1 unspecified atom stereocenters. The Morgan fingerprint density at radius 2 is 2.17 bits per heavy atom. The second kappa shape index (κ2) is 4.85. The van der Waals surface area contributed by atoms with Crippen LogP contribution in [0.4, 0.5) is 0 Å². The van der Waals surface area contributed by atoms with E-state index in [-0.39, 0.29) is 12.6 Å². The van der Waals surface area contributed by atoms with E-state index in [9.17, 15) is 0 Å². The monoisotopic (exact) mass is 166 g/mol. The van der Waals surface area contributed by atoms with Crippen LogP contribution in [0, 0.1) is 0 Å². The average Bonchev–Trinajstić information content (AvgIpc) is 2.15. The third kappa shape index (κ3) is 2.29. The van der Waals surface area contributed by atoms with Crippen LogP contribution in [0.2, 0.25) is 0 Å². The molecule has 0 bridgehead atoms. The van der Waals surface area contributed by atoms with Crippen molar-refractivity contribution in [1.29, 1.82) is 0 Å². The van der Waals surface area contributed by atoms with Crippen LogP contribution in [-0.4, -0.2) is 23.7 Å². The molecule has 0 amide bonds. The first kappa shape index (κ1) is 9.16. The number of nitrogens with one attached hydrogen (secondary N) is 1. The molecule has 1 aromatic heterocycles. The van der Waals surface area contributed by atoms with Crippen molar-refractivity contribution >= 4 is 0 Å². The minimum atomic E-state index is 0.202. The Hall–Kier alpha value is -0.930. The molecule has 0 aromatic carbocycles. The van der Waals surface area contributed by atoms with E-state index in [2.05, 4.69) is 10.3 Å². The van der Waals surface area contributed by atoms with Crippen molar-refractivity contribution in [3.63, 3.8) is 0 Å². The highest BCUT2D eigenvalue weighted by Crippen LogP contribution is 2.13. The molecule has 3 heteroatoms. The Kier molecular flexibility index (Phi) is 3.70. The van der Waals surface area contributed by atoms with Crippen LogP contribution in [0.1, 0.15) is 18.0 Å². The van der Waals surface area contributed by atoms with E-state index < -0.39 is 0 Å². The summed E-state index contributed by atoms with van der Waals surface area (Å²) < 4.78 is 0. The molecule has 1 atom stereocenters. The molecule has 66 valence electrons. The first-order valence-electron chi connectivity index (χ1n) is 4.06. The van der Waals surface area contributed by atoms with Gasteiger partial charge in [0, 0.05) is 25.0 Å². The van der Waals surface area contributed by atoms with Gasteiger partial charge in [-0.1, -0.05) is 0 Å². The summed E-state index contributed by atoms with van der Waals surface area (Å²) in [6.07, 6.45) is 4.26. The Balaban J connectivity index is 2.66. The maximum absolute atomic E-state index is 8.77. The summed E-state index contributed by atoms with van der Waals surface area (Å²) in [4.78, 5) is 3.93. The molecule has 1 heterocycles. The van der Waals surface area contributed by atoms with Gasteiger partial charge in [-0.05, 0) is 31.2 Å². The molecule has 0 spiro atoms. The highest BCUT2D eigenvalue weighted by Gasteiger charge is 2.06. The lowest BCUT2D eigenvalue weighted by atomic mass is 10.1. The van der Waals surface area contributed by atoms with Gasteiger partial charge in [-0.15, -0.1) is 0 Å². The van der Waals surface area contributed by atoms with Gasteiger partial charge in [0.2, 0.25) is 0 Å². The van der Waals surface area contributed by atoms with Crippen LogP contribution in [-0.2, 0) is 0 Å². The number of aromatic nitrogens is 1. The fourth-order valence-electron chi connectivity index (χ4n) is 1.20. The van der Waals surface area contributed by atoms with E-state index in [1.165, 1.54) is 5.56 Å². The van der Waals surface area contributed by atoms with Crippen LogP contribution in [0.15, 0.2) is 24.5 Å². The lowest BCUT2D eigenvalue weighted by molar-refractivity contribution is 0.269. The molecule has 0 saturated heterocycles. The van der Waals surface area contributed by atoms with Gasteiger partial charge in [-0.2, -0.15) is 0 Å². The number of aliphatic hydroxyl groups is 1. The van der Waals surface area contributed by atoms with Crippen molar-refractivity contribution < 1.29 is 5.11 Å². The molecule has 0 aliphatic carbocycles. The largest absolute Gasteiger partial charge is 0.396 e. The zero-order valence-electron chi connectivity index (χ0n) is 7.20. The Bertz CT molecular complexity index is 213. The maximum atomic E-state index is 8.77. The topological polar surface area (TPSA) is 45.1 Å². The molecule has 0 fully saturated rings. The first-order chi connectivity index (χ1) is 5.88. The third-order valence-corrected chi connectivity index (χ3v) is 1.87.